The minimum atomic E-state index is 0.335. The number of rotatable bonds is 5. The van der Waals surface area contributed by atoms with Crippen LogP contribution in [0.2, 0.25) is 0 Å². The first kappa shape index (κ1) is 17.8. The fourth-order valence-corrected chi connectivity index (χ4v) is 4.27. The van der Waals surface area contributed by atoms with Gasteiger partial charge < -0.3 is 5.11 Å². The van der Waals surface area contributed by atoms with Crippen molar-refractivity contribution in [1.82, 2.24) is 4.90 Å². The van der Waals surface area contributed by atoms with Crippen molar-refractivity contribution in [2.45, 2.75) is 25.3 Å². The van der Waals surface area contributed by atoms with E-state index < -0.39 is 0 Å². The minimum Gasteiger partial charge on any atom is -0.508 e. The predicted molar refractivity (Wildman–Crippen MR) is 111 cm³/mol. The Morgan fingerprint density at radius 2 is 1.26 bits per heavy atom. The number of aromatic hydroxyl groups is 1. The largest absolute Gasteiger partial charge is 0.508 e. The van der Waals surface area contributed by atoms with Crippen molar-refractivity contribution in [3.63, 3.8) is 0 Å². The Labute approximate surface area is 162 Å². The van der Waals surface area contributed by atoms with E-state index in [0.29, 0.717) is 11.8 Å². The van der Waals surface area contributed by atoms with Crippen LogP contribution in [0.4, 0.5) is 0 Å². The van der Waals surface area contributed by atoms with E-state index in [4.69, 9.17) is 0 Å². The van der Waals surface area contributed by atoms with Crippen LogP contribution in [0.5, 0.6) is 5.75 Å². The third-order valence-corrected chi connectivity index (χ3v) is 5.71. The second kappa shape index (κ2) is 8.41. The summed E-state index contributed by atoms with van der Waals surface area (Å²) in [5.41, 5.74) is 4.08. The van der Waals surface area contributed by atoms with Crippen molar-refractivity contribution < 1.29 is 5.11 Å². The molecule has 0 aliphatic carbocycles. The van der Waals surface area contributed by atoms with Gasteiger partial charge in [-0.25, -0.2) is 0 Å². The van der Waals surface area contributed by atoms with Crippen LogP contribution in [0, 0.1) is 5.92 Å². The zero-order valence-electron chi connectivity index (χ0n) is 15.7. The van der Waals surface area contributed by atoms with Crippen LogP contribution in [0.15, 0.2) is 84.9 Å². The molecule has 1 aliphatic rings. The Balaban J connectivity index is 1.46. The molecule has 3 aromatic rings. The first-order valence-corrected chi connectivity index (χ1v) is 9.91. The topological polar surface area (TPSA) is 23.5 Å². The Hall–Kier alpha value is -2.58. The Bertz CT molecular complexity index is 782. The van der Waals surface area contributed by atoms with Crippen LogP contribution in [-0.4, -0.2) is 23.1 Å². The molecule has 0 unspecified atom stereocenters. The monoisotopic (exact) mass is 357 g/mol. The lowest BCUT2D eigenvalue weighted by atomic mass is 9.87. The quantitative estimate of drug-likeness (QED) is 0.657. The number of likely N-dealkylation sites (tertiary alicyclic amines) is 1. The summed E-state index contributed by atoms with van der Waals surface area (Å²) in [5, 5.41) is 9.47. The summed E-state index contributed by atoms with van der Waals surface area (Å²) in [6.45, 7) is 2.24. The average molecular weight is 357 g/mol. The third-order valence-electron chi connectivity index (χ3n) is 5.71. The third kappa shape index (κ3) is 4.40. The Morgan fingerprint density at radius 1 is 0.741 bits per heavy atom. The predicted octanol–water partition coefficient (Wildman–Crippen LogP) is 5.44. The lowest BCUT2D eigenvalue weighted by Crippen LogP contribution is -2.37. The average Bonchev–Trinajstić information content (AvgIpc) is 2.73. The van der Waals surface area contributed by atoms with Gasteiger partial charge in [-0.05, 0) is 67.1 Å². The molecule has 4 rings (SSSR count). The summed E-state index contributed by atoms with van der Waals surface area (Å²) in [6.07, 6.45) is 3.55. The summed E-state index contributed by atoms with van der Waals surface area (Å²) in [4.78, 5) is 2.64. The van der Waals surface area contributed by atoms with Gasteiger partial charge in [0.1, 0.15) is 5.75 Å². The van der Waals surface area contributed by atoms with Gasteiger partial charge in [-0.2, -0.15) is 0 Å². The molecular weight excluding hydrogens is 330 g/mol. The van der Waals surface area contributed by atoms with Crippen molar-refractivity contribution in [1.29, 1.82) is 0 Å². The number of piperidine rings is 1. The van der Waals surface area contributed by atoms with Crippen molar-refractivity contribution in [2.75, 3.05) is 13.1 Å². The van der Waals surface area contributed by atoms with E-state index >= 15 is 0 Å². The highest BCUT2D eigenvalue weighted by Gasteiger charge is 2.27. The standard InChI is InChI=1S/C25H27NO/c27-24-13-11-20(12-14-24)19-21-15-17-26(18-16-21)25(22-7-3-1-4-8-22)23-9-5-2-6-10-23/h1-14,21,25,27H,15-19H2. The fraction of sp³-hybridized carbons (Fsp3) is 0.280. The van der Waals surface area contributed by atoms with E-state index in [0.717, 1.165) is 25.4 Å². The molecule has 0 saturated carbocycles. The van der Waals surface area contributed by atoms with E-state index in [1.807, 2.05) is 0 Å². The SMILES string of the molecule is Oc1ccc(CC2CCN(C(c3ccccc3)c3ccccc3)CC2)cc1. The van der Waals surface area contributed by atoms with Gasteiger partial charge in [-0.1, -0.05) is 72.8 Å². The molecule has 2 nitrogen and oxygen atoms in total. The van der Waals surface area contributed by atoms with Gasteiger partial charge in [-0.15, -0.1) is 0 Å². The van der Waals surface area contributed by atoms with Crippen LogP contribution in [0.25, 0.3) is 0 Å². The summed E-state index contributed by atoms with van der Waals surface area (Å²) in [7, 11) is 0. The molecule has 0 radical (unpaired) electrons. The van der Waals surface area contributed by atoms with Gasteiger partial charge in [-0.3, -0.25) is 4.90 Å². The molecule has 0 amide bonds. The number of phenolic OH excluding ortho intramolecular Hbond substituents is 1. The summed E-state index contributed by atoms with van der Waals surface area (Å²) >= 11 is 0. The van der Waals surface area contributed by atoms with Gasteiger partial charge in [0.05, 0.1) is 6.04 Å². The van der Waals surface area contributed by atoms with Crippen LogP contribution >= 0.6 is 0 Å². The molecule has 1 N–H and O–H groups in total. The highest BCUT2D eigenvalue weighted by atomic mass is 16.3. The van der Waals surface area contributed by atoms with Crippen molar-refractivity contribution >= 4 is 0 Å². The zero-order valence-corrected chi connectivity index (χ0v) is 15.7. The number of phenols is 1. The van der Waals surface area contributed by atoms with Crippen LogP contribution in [0.3, 0.4) is 0 Å². The second-order valence-corrected chi connectivity index (χ2v) is 7.57. The van der Waals surface area contributed by atoms with Crippen LogP contribution in [0.1, 0.15) is 35.6 Å². The smallest absolute Gasteiger partial charge is 0.115 e. The van der Waals surface area contributed by atoms with Crippen molar-refractivity contribution in [3.05, 3.63) is 102 Å². The number of benzene rings is 3. The van der Waals surface area contributed by atoms with Gasteiger partial charge in [0.25, 0.3) is 0 Å². The van der Waals surface area contributed by atoms with E-state index in [1.54, 1.807) is 12.1 Å². The molecule has 0 atom stereocenters. The van der Waals surface area contributed by atoms with Crippen molar-refractivity contribution in [3.8, 4) is 5.75 Å². The summed E-state index contributed by atoms with van der Waals surface area (Å²) < 4.78 is 0. The molecule has 3 aromatic carbocycles. The minimum absolute atomic E-state index is 0.335. The maximum Gasteiger partial charge on any atom is 0.115 e. The van der Waals surface area contributed by atoms with E-state index in [1.165, 1.54) is 29.5 Å². The fourth-order valence-electron chi connectivity index (χ4n) is 4.27. The molecule has 0 spiro atoms. The number of hydrogen-bond acceptors (Lipinski definition) is 2. The lowest BCUT2D eigenvalue weighted by Gasteiger charge is -2.38. The maximum absolute atomic E-state index is 9.47. The molecule has 27 heavy (non-hydrogen) atoms. The first-order valence-electron chi connectivity index (χ1n) is 9.91. The maximum atomic E-state index is 9.47. The first-order chi connectivity index (χ1) is 13.3. The molecule has 1 aliphatic heterocycles. The van der Waals surface area contributed by atoms with E-state index in [9.17, 15) is 5.11 Å². The Morgan fingerprint density at radius 3 is 1.78 bits per heavy atom. The Kier molecular flexibility index (Phi) is 5.55. The molecule has 0 bridgehead atoms. The zero-order chi connectivity index (χ0) is 18.5. The molecule has 2 heteroatoms. The summed E-state index contributed by atoms with van der Waals surface area (Å²) in [5.74, 6) is 1.07. The second-order valence-electron chi connectivity index (χ2n) is 7.57. The highest BCUT2D eigenvalue weighted by molar-refractivity contribution is 5.32. The van der Waals surface area contributed by atoms with Crippen LogP contribution < -0.4 is 0 Å². The van der Waals surface area contributed by atoms with Crippen molar-refractivity contribution in [2.24, 2.45) is 5.92 Å². The molecule has 1 saturated heterocycles. The van der Waals surface area contributed by atoms with Gasteiger partial charge in [0.2, 0.25) is 0 Å². The lowest BCUT2D eigenvalue weighted by molar-refractivity contribution is 0.151. The number of hydrogen-bond donors (Lipinski definition) is 1. The normalized spacial score (nSPS) is 15.9. The van der Waals surface area contributed by atoms with Gasteiger partial charge in [0.15, 0.2) is 0 Å². The molecular formula is C25H27NO. The van der Waals surface area contributed by atoms with Gasteiger partial charge >= 0.3 is 0 Å². The number of nitrogens with zero attached hydrogens (tertiary/aromatic N) is 1. The summed E-state index contributed by atoms with van der Waals surface area (Å²) in [6, 6.07) is 29.8. The van der Waals surface area contributed by atoms with E-state index in [2.05, 4.69) is 77.7 Å². The van der Waals surface area contributed by atoms with E-state index in [-0.39, 0.29) is 0 Å². The van der Waals surface area contributed by atoms with Crippen LogP contribution in [-0.2, 0) is 6.42 Å². The van der Waals surface area contributed by atoms with Gasteiger partial charge in [0, 0.05) is 0 Å². The molecule has 0 aromatic heterocycles. The molecule has 138 valence electrons. The molecule has 1 heterocycles. The highest BCUT2D eigenvalue weighted by Crippen LogP contribution is 2.33. The molecule has 1 fully saturated rings.